The van der Waals surface area contributed by atoms with Crippen molar-refractivity contribution in [2.24, 2.45) is 0 Å². The lowest BCUT2D eigenvalue weighted by molar-refractivity contribution is 0.242. The number of aliphatic hydroxyl groups is 1. The molecule has 1 aromatic rings. The smallest absolute Gasteiger partial charge is 0.149 e. The van der Waals surface area contributed by atoms with Crippen molar-refractivity contribution >= 4 is 11.3 Å². The molecule has 1 N–H and O–H groups in total. The third-order valence-corrected chi connectivity index (χ3v) is 2.63. The van der Waals surface area contributed by atoms with Gasteiger partial charge in [-0.15, -0.1) is 17.3 Å². The average molecular weight is 194 g/mol. The molecule has 13 heavy (non-hydrogen) atoms. The maximum atomic E-state index is 9.55. The predicted molar refractivity (Wildman–Crippen MR) is 56.6 cm³/mol. The van der Waals surface area contributed by atoms with E-state index in [-0.39, 0.29) is 0 Å². The minimum absolute atomic E-state index is 0.586. The minimum atomic E-state index is -0.586. The van der Waals surface area contributed by atoms with Crippen LogP contribution in [0.2, 0.25) is 0 Å². The number of rotatable bonds is 3. The zero-order chi connectivity index (χ0) is 9.52. The summed E-state index contributed by atoms with van der Waals surface area (Å²) in [5.74, 6) is 5.82. The zero-order valence-electron chi connectivity index (χ0n) is 7.79. The van der Waals surface area contributed by atoms with Crippen LogP contribution in [-0.4, -0.2) is 5.11 Å². The first kappa shape index (κ1) is 10.3. The van der Waals surface area contributed by atoms with Gasteiger partial charge >= 0.3 is 0 Å². The van der Waals surface area contributed by atoms with E-state index in [1.165, 1.54) is 0 Å². The quantitative estimate of drug-likeness (QED) is 0.579. The fourth-order valence-electron chi connectivity index (χ4n) is 0.952. The van der Waals surface area contributed by atoms with Crippen LogP contribution >= 0.6 is 11.3 Å². The van der Waals surface area contributed by atoms with Gasteiger partial charge in [-0.05, 0) is 17.9 Å². The molecule has 1 unspecified atom stereocenters. The lowest BCUT2D eigenvalue weighted by Crippen LogP contribution is -1.88. The molecule has 0 aliphatic heterocycles. The third kappa shape index (κ3) is 3.63. The number of thiophene rings is 1. The molecule has 1 aromatic heterocycles. The van der Waals surface area contributed by atoms with Gasteiger partial charge in [0.2, 0.25) is 0 Å². The van der Waals surface area contributed by atoms with E-state index >= 15 is 0 Å². The van der Waals surface area contributed by atoms with Gasteiger partial charge in [0.05, 0.1) is 0 Å². The van der Waals surface area contributed by atoms with E-state index in [9.17, 15) is 5.11 Å². The maximum absolute atomic E-state index is 9.55. The van der Waals surface area contributed by atoms with E-state index in [0.717, 1.165) is 24.1 Å². The normalized spacial score (nSPS) is 11.8. The Kier molecular flexibility index (Phi) is 4.59. The molecule has 0 fully saturated rings. The third-order valence-electron chi connectivity index (χ3n) is 1.71. The Morgan fingerprint density at radius 1 is 1.62 bits per heavy atom. The molecule has 1 atom stereocenters. The number of aliphatic hydroxyl groups excluding tert-OH is 1. The van der Waals surface area contributed by atoms with Crippen molar-refractivity contribution in [3.05, 3.63) is 22.4 Å². The van der Waals surface area contributed by atoms with Crippen molar-refractivity contribution in [1.29, 1.82) is 0 Å². The monoisotopic (exact) mass is 194 g/mol. The molecule has 0 radical (unpaired) electrons. The average Bonchev–Trinajstić information content (AvgIpc) is 2.65. The van der Waals surface area contributed by atoms with Crippen LogP contribution in [0.3, 0.4) is 0 Å². The molecule has 0 aliphatic carbocycles. The van der Waals surface area contributed by atoms with Gasteiger partial charge in [-0.2, -0.15) is 0 Å². The fraction of sp³-hybridized carbons (Fsp3) is 0.455. The Morgan fingerprint density at radius 2 is 2.46 bits per heavy atom. The summed E-state index contributed by atoms with van der Waals surface area (Å²) >= 11 is 1.54. The lowest BCUT2D eigenvalue weighted by atomic mass is 10.2. The van der Waals surface area contributed by atoms with Gasteiger partial charge in [-0.3, -0.25) is 0 Å². The van der Waals surface area contributed by atoms with Crippen molar-refractivity contribution in [3.63, 3.8) is 0 Å². The minimum Gasteiger partial charge on any atom is -0.375 e. The molecule has 0 bridgehead atoms. The van der Waals surface area contributed by atoms with Gasteiger partial charge in [0.25, 0.3) is 0 Å². The van der Waals surface area contributed by atoms with Crippen LogP contribution in [0.5, 0.6) is 0 Å². The van der Waals surface area contributed by atoms with Gasteiger partial charge in [0.1, 0.15) is 6.10 Å². The molecular formula is C11H14OS. The molecule has 0 amide bonds. The number of unbranched alkanes of at least 4 members (excludes halogenated alkanes) is 2. The van der Waals surface area contributed by atoms with Crippen LogP contribution in [0.4, 0.5) is 0 Å². The van der Waals surface area contributed by atoms with E-state index in [2.05, 4.69) is 18.8 Å². The topological polar surface area (TPSA) is 20.2 Å². The van der Waals surface area contributed by atoms with Crippen molar-refractivity contribution in [1.82, 2.24) is 0 Å². The van der Waals surface area contributed by atoms with Crippen LogP contribution in [-0.2, 0) is 0 Å². The van der Waals surface area contributed by atoms with E-state index in [1.54, 1.807) is 11.3 Å². The Labute approximate surface area is 83.4 Å². The summed E-state index contributed by atoms with van der Waals surface area (Å²) in [6.07, 6.45) is 2.57. The second kappa shape index (κ2) is 5.80. The van der Waals surface area contributed by atoms with Crippen LogP contribution in [0.1, 0.15) is 37.2 Å². The first-order valence-electron chi connectivity index (χ1n) is 4.54. The molecule has 70 valence electrons. The molecule has 2 heteroatoms. The molecule has 0 spiro atoms. The summed E-state index contributed by atoms with van der Waals surface area (Å²) in [5.41, 5.74) is 0. The molecule has 0 aliphatic rings. The van der Waals surface area contributed by atoms with E-state index < -0.39 is 6.10 Å². The Bertz CT molecular complexity index is 279. The highest BCUT2D eigenvalue weighted by Crippen LogP contribution is 2.17. The summed E-state index contributed by atoms with van der Waals surface area (Å²) < 4.78 is 0. The fourth-order valence-corrected chi connectivity index (χ4v) is 1.61. The van der Waals surface area contributed by atoms with Gasteiger partial charge in [0.15, 0.2) is 0 Å². The second-order valence-electron chi connectivity index (χ2n) is 2.84. The Hall–Kier alpha value is -0.780. The van der Waals surface area contributed by atoms with Crippen LogP contribution in [0.25, 0.3) is 0 Å². The number of hydrogen-bond acceptors (Lipinski definition) is 2. The van der Waals surface area contributed by atoms with Crippen LogP contribution < -0.4 is 0 Å². The van der Waals surface area contributed by atoms with E-state index in [1.807, 2.05) is 17.5 Å². The van der Waals surface area contributed by atoms with E-state index in [0.29, 0.717) is 0 Å². The summed E-state index contributed by atoms with van der Waals surface area (Å²) in [6, 6.07) is 3.83. The van der Waals surface area contributed by atoms with Crippen molar-refractivity contribution in [2.45, 2.75) is 32.3 Å². The van der Waals surface area contributed by atoms with Crippen molar-refractivity contribution < 1.29 is 5.11 Å². The SMILES string of the molecule is CCCCC#CC(O)c1cccs1. The largest absolute Gasteiger partial charge is 0.375 e. The van der Waals surface area contributed by atoms with Gasteiger partial charge in [-0.25, -0.2) is 0 Å². The Morgan fingerprint density at radius 3 is 3.08 bits per heavy atom. The highest BCUT2D eigenvalue weighted by atomic mass is 32.1. The maximum Gasteiger partial charge on any atom is 0.149 e. The van der Waals surface area contributed by atoms with Crippen molar-refractivity contribution in [3.8, 4) is 11.8 Å². The molecule has 1 rings (SSSR count). The molecule has 1 heterocycles. The summed E-state index contributed by atoms with van der Waals surface area (Å²) in [4.78, 5) is 0.934. The van der Waals surface area contributed by atoms with Gasteiger partial charge in [-0.1, -0.05) is 25.3 Å². The van der Waals surface area contributed by atoms with Gasteiger partial charge in [0, 0.05) is 11.3 Å². The summed E-state index contributed by atoms with van der Waals surface area (Å²) in [7, 11) is 0. The molecular weight excluding hydrogens is 180 g/mol. The standard InChI is InChI=1S/C11H14OS/c1-2-3-4-5-7-10(12)11-8-6-9-13-11/h6,8-10,12H,2-4H2,1H3. The zero-order valence-corrected chi connectivity index (χ0v) is 8.60. The molecule has 0 saturated heterocycles. The highest BCUT2D eigenvalue weighted by Gasteiger charge is 2.02. The first-order chi connectivity index (χ1) is 6.34. The summed E-state index contributed by atoms with van der Waals surface area (Å²) in [5, 5.41) is 11.5. The molecule has 0 aromatic carbocycles. The second-order valence-corrected chi connectivity index (χ2v) is 3.82. The highest BCUT2D eigenvalue weighted by molar-refractivity contribution is 7.10. The molecule has 0 saturated carbocycles. The Balaban J connectivity index is 2.39. The van der Waals surface area contributed by atoms with Crippen LogP contribution in [0, 0.1) is 11.8 Å². The van der Waals surface area contributed by atoms with Gasteiger partial charge < -0.3 is 5.11 Å². The lowest BCUT2D eigenvalue weighted by Gasteiger charge is -1.96. The van der Waals surface area contributed by atoms with Crippen LogP contribution in [0.15, 0.2) is 17.5 Å². The first-order valence-corrected chi connectivity index (χ1v) is 5.42. The predicted octanol–water partition coefficient (Wildman–Crippen LogP) is 2.98. The number of hydrogen-bond donors (Lipinski definition) is 1. The van der Waals surface area contributed by atoms with Crippen molar-refractivity contribution in [2.75, 3.05) is 0 Å². The summed E-state index contributed by atoms with van der Waals surface area (Å²) in [6.45, 7) is 2.14. The van der Waals surface area contributed by atoms with E-state index in [4.69, 9.17) is 0 Å². The molecule has 1 nitrogen and oxygen atoms in total.